The highest BCUT2D eigenvalue weighted by Gasteiger charge is 2.33. The van der Waals surface area contributed by atoms with Crippen LogP contribution in [0.4, 0.5) is 4.79 Å². The third-order valence-corrected chi connectivity index (χ3v) is 15.3. The van der Waals surface area contributed by atoms with Crippen molar-refractivity contribution in [3.8, 4) is 0 Å². The molecule has 1 aromatic heterocycles. The van der Waals surface area contributed by atoms with Crippen LogP contribution in [-0.4, -0.2) is 34.7 Å². The van der Waals surface area contributed by atoms with Gasteiger partial charge in [0.25, 0.3) is 0 Å². The minimum atomic E-state index is -0.375. The second kappa shape index (κ2) is 45.3. The smallest absolute Gasteiger partial charge is 0.410 e. The highest BCUT2D eigenvalue weighted by atomic mass is 16.6. The van der Waals surface area contributed by atoms with Gasteiger partial charge in [-0.2, -0.15) is 0 Å². The van der Waals surface area contributed by atoms with Crippen molar-refractivity contribution < 1.29 is 9.53 Å². The lowest BCUT2D eigenvalue weighted by Gasteiger charge is -2.40. The third-order valence-electron chi connectivity index (χ3n) is 15.3. The minimum Gasteiger partial charge on any atom is -0.444 e. The summed E-state index contributed by atoms with van der Waals surface area (Å²) < 4.78 is 5.28. The van der Waals surface area contributed by atoms with Crippen LogP contribution in [0.1, 0.15) is 297 Å². The number of benzene rings is 1. The van der Waals surface area contributed by atoms with Crippen molar-refractivity contribution in [1.29, 1.82) is 0 Å². The number of carbonyl (C=O) groups is 1. The quantitative estimate of drug-likeness (QED) is 0.117. The first-order valence-electron chi connectivity index (χ1n) is 33.2. The number of pyridine rings is 1. The molecule has 0 unspecified atom stereocenters. The zero-order chi connectivity index (χ0) is 58.2. The van der Waals surface area contributed by atoms with E-state index in [2.05, 4.69) is 165 Å². The fourth-order valence-electron chi connectivity index (χ4n) is 9.93. The van der Waals surface area contributed by atoms with E-state index in [9.17, 15) is 4.79 Å². The number of amides is 1. The number of rotatable bonds is 21. The molecule has 4 nitrogen and oxygen atoms in total. The first-order chi connectivity index (χ1) is 36.3. The van der Waals surface area contributed by atoms with Gasteiger partial charge in [0, 0.05) is 25.5 Å². The number of ether oxygens (including phenoxy) is 1. The monoisotopic (exact) mass is 1070 g/mol. The Morgan fingerprint density at radius 2 is 0.857 bits per heavy atom. The largest absolute Gasteiger partial charge is 0.444 e. The number of unbranched alkanes of at least 4 members (excludes halogenated alkanes) is 2. The highest BCUT2D eigenvalue weighted by Crippen LogP contribution is 2.35. The fraction of sp³-hybridized carbons (Fsp3) is 0.836. The van der Waals surface area contributed by atoms with Gasteiger partial charge in [0.2, 0.25) is 0 Å². The predicted octanol–water partition coefficient (Wildman–Crippen LogP) is 23.4. The minimum absolute atomic E-state index is 0.164. The Bertz CT molecular complexity index is 1500. The van der Waals surface area contributed by atoms with Gasteiger partial charge in [-0.15, -0.1) is 0 Å². The van der Waals surface area contributed by atoms with Crippen molar-refractivity contribution in [2.24, 2.45) is 76.9 Å². The maximum Gasteiger partial charge on any atom is 0.410 e. The molecule has 1 aliphatic heterocycles. The van der Waals surface area contributed by atoms with Crippen LogP contribution in [0.15, 0.2) is 54.9 Å². The summed E-state index contributed by atoms with van der Waals surface area (Å²) in [7, 11) is 0. The summed E-state index contributed by atoms with van der Waals surface area (Å²) in [5, 5.41) is 0. The van der Waals surface area contributed by atoms with Crippen LogP contribution < -0.4 is 0 Å². The molecule has 1 amide bonds. The van der Waals surface area contributed by atoms with E-state index in [1.165, 1.54) is 172 Å². The number of hydrogen-bond acceptors (Lipinski definition) is 3. The lowest BCUT2D eigenvalue weighted by atomic mass is 9.80. The van der Waals surface area contributed by atoms with E-state index in [-0.39, 0.29) is 11.7 Å². The number of aryl methyl sites for hydroxylation is 2. The van der Waals surface area contributed by atoms with Crippen LogP contribution in [0.25, 0.3) is 0 Å². The molecule has 1 aromatic carbocycles. The molecule has 5 fully saturated rings. The molecule has 7 rings (SSSR count). The van der Waals surface area contributed by atoms with E-state index in [0.717, 1.165) is 84.1 Å². The average molecular weight is 1070 g/mol. The first kappa shape index (κ1) is 74.6. The van der Waals surface area contributed by atoms with Gasteiger partial charge in [0.1, 0.15) is 5.60 Å². The molecule has 4 saturated carbocycles. The van der Waals surface area contributed by atoms with Crippen molar-refractivity contribution in [3.05, 3.63) is 66.0 Å². The SMILES string of the molecule is CC(C)CC1CC1.CC(C)CC1CCC1.CC(C)CC1CCC1.CC(C)CC1CN(C(=O)OC(C)(C)C)C1.CC(C)CCC1CCC1.CC(C)CCc1ccccc1.CC(C)CCc1ccncc1.CCCCCC(C)C. The van der Waals surface area contributed by atoms with Crippen LogP contribution in [0.5, 0.6) is 0 Å². The van der Waals surface area contributed by atoms with E-state index in [1.54, 1.807) is 4.90 Å². The summed E-state index contributed by atoms with van der Waals surface area (Å²) in [6.45, 7) is 46.2. The Morgan fingerprint density at radius 3 is 1.17 bits per heavy atom. The molecule has 4 heteroatoms. The van der Waals surface area contributed by atoms with Crippen molar-refractivity contribution in [2.45, 2.75) is 305 Å². The van der Waals surface area contributed by atoms with E-state index in [1.807, 2.05) is 33.2 Å². The molecule has 0 N–H and O–H groups in total. The topological polar surface area (TPSA) is 42.4 Å². The Kier molecular flexibility index (Phi) is 43.9. The number of hydrogen-bond donors (Lipinski definition) is 0. The number of aromatic nitrogens is 1. The Labute approximate surface area is 483 Å². The van der Waals surface area contributed by atoms with Gasteiger partial charge in [0.05, 0.1) is 0 Å². The second-order valence-electron chi connectivity index (χ2n) is 29.2. The molecule has 1 saturated heterocycles. The van der Waals surface area contributed by atoms with Gasteiger partial charge < -0.3 is 9.64 Å². The van der Waals surface area contributed by atoms with Crippen molar-refractivity contribution in [3.63, 3.8) is 0 Å². The van der Waals surface area contributed by atoms with Crippen molar-refractivity contribution in [1.82, 2.24) is 9.88 Å². The molecule has 2 heterocycles. The van der Waals surface area contributed by atoms with Crippen LogP contribution >= 0.6 is 0 Å². The summed E-state index contributed by atoms with van der Waals surface area (Å²) in [4.78, 5) is 17.3. The van der Waals surface area contributed by atoms with Gasteiger partial charge in [0.15, 0.2) is 0 Å². The summed E-state index contributed by atoms with van der Waals surface area (Å²) in [6, 6.07) is 14.8. The lowest BCUT2D eigenvalue weighted by molar-refractivity contribution is -0.00382. The molecule has 450 valence electrons. The molecular weight excluding hydrogens is 937 g/mol. The van der Waals surface area contributed by atoms with E-state index < -0.39 is 0 Å². The standard InChI is InChI=1S/C12H23NO2.C11H16.C10H15N.C9H18.2C8H16.C8H18.C7H14/c1-9(2)6-10-7-13(8-10)11(14)15-12(3,4)5;1-10(2)8-9-11-6-4-3-5-7-11;1-9(2)3-4-10-5-7-11-8-6-10;1-8(2)6-7-9-4-3-5-9;2*1-7(2)6-8-4-3-5-8;1-4-5-6-7-8(2)3;1-6(2)5-7-3-4-7/h9-10H,6-8H2,1-5H3;3-7,10H,8-9H2,1-2H3;5-9H,3-4H2,1-2H3;8-9H,3-7H2,1-2H3;2*7-8H,3-6H2,1-2H3;8H,4-7H2,1-3H3;6-7H,3-5H2,1-2H3. The van der Waals surface area contributed by atoms with Gasteiger partial charge in [-0.1, -0.05) is 257 Å². The van der Waals surface area contributed by atoms with Crippen molar-refractivity contribution >= 4 is 6.09 Å². The van der Waals surface area contributed by atoms with E-state index >= 15 is 0 Å². The van der Waals surface area contributed by atoms with Crippen LogP contribution in [0.3, 0.4) is 0 Å². The number of likely N-dealkylation sites (tertiary alicyclic amines) is 1. The summed E-state index contributed by atoms with van der Waals surface area (Å²) in [5.41, 5.74) is 2.48. The van der Waals surface area contributed by atoms with Crippen LogP contribution in [0.2, 0.25) is 0 Å². The number of nitrogens with zero attached hydrogens (tertiary/aromatic N) is 2. The van der Waals surface area contributed by atoms with Crippen LogP contribution in [0, 0.1) is 76.9 Å². The van der Waals surface area contributed by atoms with Gasteiger partial charge >= 0.3 is 6.09 Å². The maximum atomic E-state index is 11.6. The Hall–Kier alpha value is -2.36. The van der Waals surface area contributed by atoms with Gasteiger partial charge in [-0.05, 0) is 172 Å². The first-order valence-corrected chi connectivity index (χ1v) is 33.2. The molecule has 0 radical (unpaired) electrons. The summed E-state index contributed by atoms with van der Waals surface area (Å²) >= 11 is 0. The predicted molar refractivity (Wildman–Crippen MR) is 344 cm³/mol. The molecule has 0 atom stereocenters. The second-order valence-corrected chi connectivity index (χ2v) is 29.2. The molecule has 0 spiro atoms. The molecule has 77 heavy (non-hydrogen) atoms. The lowest BCUT2D eigenvalue weighted by Crippen LogP contribution is -2.51. The summed E-state index contributed by atoms with van der Waals surface area (Å²) in [5.74, 6) is 12.1. The fourth-order valence-corrected chi connectivity index (χ4v) is 9.93. The number of carbonyl (C=O) groups excluding carboxylic acids is 1. The highest BCUT2D eigenvalue weighted by molar-refractivity contribution is 5.69. The summed E-state index contributed by atoms with van der Waals surface area (Å²) in [6.07, 6.45) is 39.3. The normalized spacial score (nSPS) is 16.3. The average Bonchev–Trinajstić information content (AvgIpc) is 4.10. The Morgan fingerprint density at radius 1 is 0.481 bits per heavy atom. The molecule has 5 aliphatic rings. The molecule has 2 aromatic rings. The van der Waals surface area contributed by atoms with Crippen molar-refractivity contribution in [2.75, 3.05) is 13.1 Å². The van der Waals surface area contributed by atoms with E-state index in [4.69, 9.17) is 4.74 Å². The van der Waals surface area contributed by atoms with Gasteiger partial charge in [-0.25, -0.2) is 4.79 Å². The molecular formula is C73H136N2O2. The van der Waals surface area contributed by atoms with Crippen LogP contribution in [-0.2, 0) is 17.6 Å². The zero-order valence-electron chi connectivity index (χ0n) is 55.5. The molecule has 0 bridgehead atoms. The third kappa shape index (κ3) is 49.2. The maximum absolute atomic E-state index is 11.6. The Balaban J connectivity index is 0.000000867. The molecule has 4 aliphatic carbocycles. The zero-order valence-corrected chi connectivity index (χ0v) is 55.5. The van der Waals surface area contributed by atoms with Gasteiger partial charge in [-0.3, -0.25) is 4.98 Å². The van der Waals surface area contributed by atoms with E-state index in [0.29, 0.717) is 5.92 Å².